The highest BCUT2D eigenvalue weighted by molar-refractivity contribution is 5.93. The lowest BCUT2D eigenvalue weighted by atomic mass is 9.90. The van der Waals surface area contributed by atoms with Crippen molar-refractivity contribution in [3.63, 3.8) is 0 Å². The summed E-state index contributed by atoms with van der Waals surface area (Å²) in [6.07, 6.45) is 3.72. The van der Waals surface area contributed by atoms with Crippen LogP contribution in [0.5, 0.6) is 11.5 Å². The highest BCUT2D eigenvalue weighted by Gasteiger charge is 2.31. The van der Waals surface area contributed by atoms with Crippen molar-refractivity contribution in [2.24, 2.45) is 11.7 Å². The highest BCUT2D eigenvalue weighted by Crippen LogP contribution is 2.26. The van der Waals surface area contributed by atoms with E-state index < -0.39 is 0 Å². The van der Waals surface area contributed by atoms with Gasteiger partial charge in [0.15, 0.2) is 0 Å². The minimum atomic E-state index is -0.0736. The summed E-state index contributed by atoms with van der Waals surface area (Å²) in [6.45, 7) is 3.36. The number of amides is 1. The maximum absolute atomic E-state index is 12.9. The lowest BCUT2D eigenvalue weighted by Crippen LogP contribution is -2.51. The number of rotatable bonds is 4. The van der Waals surface area contributed by atoms with Crippen LogP contribution in [0.2, 0.25) is 0 Å². The van der Waals surface area contributed by atoms with Crippen molar-refractivity contribution in [2.75, 3.05) is 13.1 Å². The van der Waals surface area contributed by atoms with E-state index in [-0.39, 0.29) is 11.9 Å². The van der Waals surface area contributed by atoms with E-state index >= 15 is 0 Å². The summed E-state index contributed by atoms with van der Waals surface area (Å²) in [5.41, 5.74) is 6.29. The molecule has 0 aliphatic carbocycles. The molecular weight excluding hydrogens is 302 g/mol. The molecule has 1 fully saturated rings. The van der Waals surface area contributed by atoms with Crippen molar-refractivity contribution < 1.29 is 9.53 Å². The smallest absolute Gasteiger partial charge is 0.272 e. The van der Waals surface area contributed by atoms with Crippen LogP contribution in [-0.4, -0.2) is 34.9 Å². The van der Waals surface area contributed by atoms with E-state index in [1.165, 1.54) is 0 Å². The molecule has 2 aromatic rings. The summed E-state index contributed by atoms with van der Waals surface area (Å²) in [5, 5.41) is 0. The Labute approximate surface area is 142 Å². The molecule has 1 saturated heterocycles. The highest BCUT2D eigenvalue weighted by atomic mass is 16.5. The standard InChI is InChI=1S/C19H23N3O2/c1-14-6-5-11-22(18(14)13-20)19(23)17-12-16(9-10-21-17)24-15-7-3-2-4-8-15/h2-4,7-10,12,14,18H,5-6,11,13,20H2,1H3. The van der Waals surface area contributed by atoms with Gasteiger partial charge in [0.05, 0.1) is 0 Å². The van der Waals surface area contributed by atoms with Gasteiger partial charge in [-0.15, -0.1) is 0 Å². The predicted octanol–water partition coefficient (Wildman–Crippen LogP) is 3.07. The molecule has 0 saturated carbocycles. The van der Waals surface area contributed by atoms with Gasteiger partial charge in [0.2, 0.25) is 0 Å². The summed E-state index contributed by atoms with van der Waals surface area (Å²) >= 11 is 0. The lowest BCUT2D eigenvalue weighted by molar-refractivity contribution is 0.0526. The Bertz CT molecular complexity index is 690. The monoisotopic (exact) mass is 325 g/mol. The van der Waals surface area contributed by atoms with E-state index in [1.54, 1.807) is 18.3 Å². The van der Waals surface area contributed by atoms with Crippen LogP contribution in [-0.2, 0) is 0 Å². The molecule has 3 rings (SSSR count). The van der Waals surface area contributed by atoms with Gasteiger partial charge in [0.25, 0.3) is 5.91 Å². The number of piperidine rings is 1. The third kappa shape index (κ3) is 3.57. The zero-order valence-corrected chi connectivity index (χ0v) is 13.9. The number of carbonyl (C=O) groups is 1. The molecule has 5 heteroatoms. The van der Waals surface area contributed by atoms with Gasteiger partial charge >= 0.3 is 0 Å². The fourth-order valence-corrected chi connectivity index (χ4v) is 3.22. The first kappa shape index (κ1) is 16.5. The molecule has 1 amide bonds. The quantitative estimate of drug-likeness (QED) is 0.938. The van der Waals surface area contributed by atoms with Crippen molar-refractivity contribution in [2.45, 2.75) is 25.8 Å². The van der Waals surface area contributed by atoms with Gasteiger partial charge in [-0.05, 0) is 37.0 Å². The predicted molar refractivity (Wildman–Crippen MR) is 93.0 cm³/mol. The Morgan fingerprint density at radius 1 is 1.29 bits per heavy atom. The Morgan fingerprint density at radius 3 is 2.83 bits per heavy atom. The molecule has 2 N–H and O–H groups in total. The van der Waals surface area contributed by atoms with Crippen LogP contribution >= 0.6 is 0 Å². The molecular formula is C19H23N3O2. The van der Waals surface area contributed by atoms with Gasteiger partial charge in [0, 0.05) is 31.4 Å². The van der Waals surface area contributed by atoms with Crippen molar-refractivity contribution in [3.05, 3.63) is 54.4 Å². The van der Waals surface area contributed by atoms with E-state index in [1.807, 2.05) is 35.2 Å². The molecule has 1 aromatic carbocycles. The number of carbonyl (C=O) groups excluding carboxylic acids is 1. The molecule has 24 heavy (non-hydrogen) atoms. The first-order valence-corrected chi connectivity index (χ1v) is 8.39. The number of ether oxygens (including phenoxy) is 1. The Balaban J connectivity index is 1.79. The average Bonchev–Trinajstić information content (AvgIpc) is 2.62. The minimum Gasteiger partial charge on any atom is -0.457 e. The van der Waals surface area contributed by atoms with Gasteiger partial charge < -0.3 is 15.4 Å². The molecule has 5 nitrogen and oxygen atoms in total. The topological polar surface area (TPSA) is 68.5 Å². The van der Waals surface area contributed by atoms with Crippen LogP contribution in [0.4, 0.5) is 0 Å². The van der Waals surface area contributed by atoms with E-state index in [2.05, 4.69) is 11.9 Å². The van der Waals surface area contributed by atoms with E-state index in [4.69, 9.17) is 10.5 Å². The number of nitrogens with zero attached hydrogens (tertiary/aromatic N) is 2. The average molecular weight is 325 g/mol. The molecule has 0 spiro atoms. The third-order valence-corrected chi connectivity index (χ3v) is 4.55. The lowest BCUT2D eigenvalue weighted by Gasteiger charge is -2.39. The molecule has 1 aliphatic heterocycles. The Morgan fingerprint density at radius 2 is 2.08 bits per heavy atom. The maximum Gasteiger partial charge on any atom is 0.272 e. The largest absolute Gasteiger partial charge is 0.457 e. The summed E-state index contributed by atoms with van der Waals surface area (Å²) in [4.78, 5) is 19.0. The van der Waals surface area contributed by atoms with Crippen molar-refractivity contribution >= 4 is 5.91 Å². The van der Waals surface area contributed by atoms with Gasteiger partial charge in [-0.2, -0.15) is 0 Å². The summed E-state index contributed by atoms with van der Waals surface area (Å²) < 4.78 is 5.80. The van der Waals surface area contributed by atoms with Crippen LogP contribution < -0.4 is 10.5 Å². The number of likely N-dealkylation sites (tertiary alicyclic amines) is 1. The zero-order valence-electron chi connectivity index (χ0n) is 13.9. The van der Waals surface area contributed by atoms with E-state index in [0.29, 0.717) is 23.9 Å². The number of benzene rings is 1. The normalized spacial score (nSPS) is 20.7. The van der Waals surface area contributed by atoms with Crippen molar-refractivity contribution in [3.8, 4) is 11.5 Å². The molecule has 1 aliphatic rings. The number of hydrogen-bond donors (Lipinski definition) is 1. The maximum atomic E-state index is 12.9. The SMILES string of the molecule is CC1CCCN(C(=O)c2cc(Oc3ccccc3)ccn2)C1CN. The third-order valence-electron chi connectivity index (χ3n) is 4.55. The molecule has 2 heterocycles. The number of aromatic nitrogens is 1. The van der Waals surface area contributed by atoms with Crippen LogP contribution in [0.3, 0.4) is 0 Å². The summed E-state index contributed by atoms with van der Waals surface area (Å²) in [7, 11) is 0. The number of pyridine rings is 1. The van der Waals surface area contributed by atoms with E-state index in [0.717, 1.165) is 25.1 Å². The fourth-order valence-electron chi connectivity index (χ4n) is 3.22. The molecule has 0 radical (unpaired) electrons. The molecule has 0 bridgehead atoms. The first-order valence-electron chi connectivity index (χ1n) is 8.39. The van der Waals surface area contributed by atoms with Crippen LogP contribution in [0.25, 0.3) is 0 Å². The second-order valence-electron chi connectivity index (χ2n) is 6.21. The summed E-state index contributed by atoms with van der Waals surface area (Å²) in [6, 6.07) is 13.0. The molecule has 2 atom stereocenters. The van der Waals surface area contributed by atoms with E-state index in [9.17, 15) is 4.79 Å². The van der Waals surface area contributed by atoms with Gasteiger partial charge in [-0.3, -0.25) is 9.78 Å². The second-order valence-corrected chi connectivity index (χ2v) is 6.21. The van der Waals surface area contributed by atoms with Crippen LogP contribution in [0.1, 0.15) is 30.3 Å². The number of nitrogens with two attached hydrogens (primary N) is 1. The Kier molecular flexibility index (Phi) is 5.11. The second kappa shape index (κ2) is 7.45. The van der Waals surface area contributed by atoms with Crippen LogP contribution in [0.15, 0.2) is 48.7 Å². The Hall–Kier alpha value is -2.40. The van der Waals surface area contributed by atoms with Crippen molar-refractivity contribution in [1.29, 1.82) is 0 Å². The van der Waals surface area contributed by atoms with Crippen molar-refractivity contribution in [1.82, 2.24) is 9.88 Å². The molecule has 1 aromatic heterocycles. The minimum absolute atomic E-state index is 0.0736. The molecule has 2 unspecified atom stereocenters. The van der Waals surface area contributed by atoms with Gasteiger partial charge in [-0.1, -0.05) is 25.1 Å². The zero-order chi connectivity index (χ0) is 16.9. The fraction of sp³-hybridized carbons (Fsp3) is 0.368. The number of para-hydroxylation sites is 1. The van der Waals surface area contributed by atoms with Gasteiger partial charge in [0.1, 0.15) is 17.2 Å². The summed E-state index contributed by atoms with van der Waals surface area (Å²) in [5.74, 6) is 1.68. The van der Waals surface area contributed by atoms with Crippen LogP contribution in [0, 0.1) is 5.92 Å². The number of hydrogen-bond acceptors (Lipinski definition) is 4. The molecule has 126 valence electrons. The first-order chi connectivity index (χ1) is 11.7. The van der Waals surface area contributed by atoms with Gasteiger partial charge in [-0.25, -0.2) is 0 Å².